The van der Waals surface area contributed by atoms with Gasteiger partial charge in [0.05, 0.1) is 0 Å². The summed E-state index contributed by atoms with van der Waals surface area (Å²) in [6.45, 7) is 6.77. The van der Waals surface area contributed by atoms with Crippen molar-refractivity contribution in [3.63, 3.8) is 0 Å². The van der Waals surface area contributed by atoms with E-state index in [1.807, 2.05) is 0 Å². The maximum Gasteiger partial charge on any atom is 0.0236 e. The minimum atomic E-state index is 0.702. The fraction of sp³-hybridized carbons (Fsp3) is 0.667. The first-order chi connectivity index (χ1) is 9.74. The zero-order valence-corrected chi connectivity index (χ0v) is 13.4. The second-order valence-corrected chi connectivity index (χ2v) is 6.13. The molecule has 1 aromatic carbocycles. The summed E-state index contributed by atoms with van der Waals surface area (Å²) in [7, 11) is 2.26. The largest absolute Gasteiger partial charge is 0.314 e. The van der Waals surface area contributed by atoms with Crippen LogP contribution in [-0.4, -0.2) is 30.6 Å². The Kier molecular flexibility index (Phi) is 6.06. The van der Waals surface area contributed by atoms with Crippen molar-refractivity contribution >= 4 is 0 Å². The van der Waals surface area contributed by atoms with Gasteiger partial charge in [-0.15, -0.1) is 0 Å². The predicted octanol–water partition coefficient (Wildman–Crippen LogP) is 3.60. The first-order valence-electron chi connectivity index (χ1n) is 8.25. The second-order valence-electron chi connectivity index (χ2n) is 6.13. The third kappa shape index (κ3) is 4.60. The van der Waals surface area contributed by atoms with Gasteiger partial charge in [0.25, 0.3) is 0 Å². The van der Waals surface area contributed by atoms with Crippen LogP contribution in [0.25, 0.3) is 0 Å². The molecule has 1 aliphatic carbocycles. The highest BCUT2D eigenvalue weighted by Crippen LogP contribution is 2.19. The van der Waals surface area contributed by atoms with Crippen LogP contribution in [0.4, 0.5) is 0 Å². The lowest BCUT2D eigenvalue weighted by molar-refractivity contribution is 0.221. The Bertz CT molecular complexity index is 394. The van der Waals surface area contributed by atoms with Crippen molar-refractivity contribution in [1.29, 1.82) is 0 Å². The SMILES string of the molecule is CCC(CC)N(C)Cc1ccccc1CCNC1CC1. The topological polar surface area (TPSA) is 15.3 Å². The van der Waals surface area contributed by atoms with Gasteiger partial charge in [-0.25, -0.2) is 0 Å². The highest BCUT2D eigenvalue weighted by atomic mass is 15.1. The molecule has 0 unspecified atom stereocenters. The Labute approximate surface area is 124 Å². The van der Waals surface area contributed by atoms with Crippen LogP contribution in [-0.2, 0) is 13.0 Å². The lowest BCUT2D eigenvalue weighted by Gasteiger charge is -2.27. The van der Waals surface area contributed by atoms with Gasteiger partial charge in [0.15, 0.2) is 0 Å². The van der Waals surface area contributed by atoms with Gasteiger partial charge in [-0.05, 0) is 56.8 Å². The molecule has 1 fully saturated rings. The Balaban J connectivity index is 1.91. The van der Waals surface area contributed by atoms with Gasteiger partial charge in [-0.2, -0.15) is 0 Å². The van der Waals surface area contributed by atoms with E-state index in [-0.39, 0.29) is 0 Å². The molecular weight excluding hydrogens is 244 g/mol. The zero-order valence-electron chi connectivity index (χ0n) is 13.4. The fourth-order valence-corrected chi connectivity index (χ4v) is 2.96. The van der Waals surface area contributed by atoms with E-state index in [0.29, 0.717) is 6.04 Å². The zero-order chi connectivity index (χ0) is 14.4. The highest BCUT2D eigenvalue weighted by Gasteiger charge is 2.20. The number of nitrogens with one attached hydrogen (secondary N) is 1. The monoisotopic (exact) mass is 274 g/mol. The van der Waals surface area contributed by atoms with Crippen LogP contribution < -0.4 is 5.32 Å². The molecule has 2 rings (SSSR count). The molecule has 1 N–H and O–H groups in total. The summed E-state index contributed by atoms with van der Waals surface area (Å²) in [6.07, 6.45) is 6.37. The van der Waals surface area contributed by atoms with Crippen LogP contribution in [0.3, 0.4) is 0 Å². The average Bonchev–Trinajstić information content (AvgIpc) is 3.26. The van der Waals surface area contributed by atoms with Crippen LogP contribution in [0.15, 0.2) is 24.3 Å². The van der Waals surface area contributed by atoms with Crippen molar-refractivity contribution in [3.8, 4) is 0 Å². The molecule has 0 aromatic heterocycles. The number of rotatable bonds is 9. The summed E-state index contributed by atoms with van der Waals surface area (Å²) < 4.78 is 0. The first-order valence-corrected chi connectivity index (χ1v) is 8.25. The second kappa shape index (κ2) is 7.80. The fourth-order valence-electron chi connectivity index (χ4n) is 2.96. The molecule has 112 valence electrons. The summed E-state index contributed by atoms with van der Waals surface area (Å²) in [5, 5.41) is 3.62. The number of benzene rings is 1. The lowest BCUT2D eigenvalue weighted by atomic mass is 10.0. The Morgan fingerprint density at radius 3 is 2.40 bits per heavy atom. The van der Waals surface area contributed by atoms with E-state index in [2.05, 4.69) is 55.4 Å². The maximum absolute atomic E-state index is 3.62. The van der Waals surface area contributed by atoms with E-state index in [9.17, 15) is 0 Å². The number of nitrogens with zero attached hydrogens (tertiary/aromatic N) is 1. The number of hydrogen-bond acceptors (Lipinski definition) is 2. The first kappa shape index (κ1) is 15.5. The summed E-state index contributed by atoms with van der Waals surface area (Å²) in [5.74, 6) is 0. The number of hydrogen-bond donors (Lipinski definition) is 1. The van der Waals surface area contributed by atoms with Gasteiger partial charge >= 0.3 is 0 Å². The van der Waals surface area contributed by atoms with Crippen molar-refractivity contribution in [3.05, 3.63) is 35.4 Å². The molecule has 0 amide bonds. The molecular formula is C18H30N2. The minimum Gasteiger partial charge on any atom is -0.314 e. The van der Waals surface area contributed by atoms with Crippen molar-refractivity contribution in [2.24, 2.45) is 0 Å². The summed E-state index contributed by atoms with van der Waals surface area (Å²) >= 11 is 0. The summed E-state index contributed by atoms with van der Waals surface area (Å²) in [6, 6.07) is 10.5. The van der Waals surface area contributed by atoms with E-state index in [0.717, 1.165) is 25.6 Å². The third-order valence-electron chi connectivity index (χ3n) is 4.51. The van der Waals surface area contributed by atoms with Gasteiger partial charge in [0.2, 0.25) is 0 Å². The summed E-state index contributed by atoms with van der Waals surface area (Å²) in [4.78, 5) is 2.51. The summed E-state index contributed by atoms with van der Waals surface area (Å²) in [5.41, 5.74) is 3.01. The quantitative estimate of drug-likeness (QED) is 0.740. The standard InChI is InChI=1S/C18H30N2/c1-4-18(5-2)20(3)14-16-9-7-6-8-15(16)12-13-19-17-10-11-17/h6-9,17-19H,4-5,10-14H2,1-3H3. The van der Waals surface area contributed by atoms with Gasteiger partial charge < -0.3 is 5.32 Å². The Morgan fingerprint density at radius 1 is 1.15 bits per heavy atom. The van der Waals surface area contributed by atoms with E-state index in [1.54, 1.807) is 0 Å². The minimum absolute atomic E-state index is 0.702. The smallest absolute Gasteiger partial charge is 0.0236 e. The molecule has 1 saturated carbocycles. The maximum atomic E-state index is 3.62. The molecule has 0 heterocycles. The van der Waals surface area contributed by atoms with Gasteiger partial charge in [0.1, 0.15) is 0 Å². The van der Waals surface area contributed by atoms with Crippen LogP contribution in [0.2, 0.25) is 0 Å². The van der Waals surface area contributed by atoms with Gasteiger partial charge in [-0.1, -0.05) is 38.1 Å². The van der Waals surface area contributed by atoms with E-state index in [4.69, 9.17) is 0 Å². The molecule has 2 heteroatoms. The Hall–Kier alpha value is -0.860. The molecule has 20 heavy (non-hydrogen) atoms. The van der Waals surface area contributed by atoms with Crippen molar-refractivity contribution < 1.29 is 0 Å². The average molecular weight is 274 g/mol. The van der Waals surface area contributed by atoms with E-state index in [1.165, 1.54) is 36.8 Å². The molecule has 2 nitrogen and oxygen atoms in total. The molecule has 0 radical (unpaired) electrons. The van der Waals surface area contributed by atoms with Crippen LogP contribution in [0.5, 0.6) is 0 Å². The van der Waals surface area contributed by atoms with Crippen LogP contribution >= 0.6 is 0 Å². The highest BCUT2D eigenvalue weighted by molar-refractivity contribution is 5.27. The lowest BCUT2D eigenvalue weighted by Crippen LogP contribution is -2.30. The van der Waals surface area contributed by atoms with Crippen molar-refractivity contribution in [2.45, 2.75) is 64.6 Å². The van der Waals surface area contributed by atoms with E-state index < -0.39 is 0 Å². The van der Waals surface area contributed by atoms with Crippen LogP contribution in [0.1, 0.15) is 50.7 Å². The van der Waals surface area contributed by atoms with E-state index >= 15 is 0 Å². The molecule has 0 bridgehead atoms. The molecule has 1 aromatic rings. The molecule has 1 aliphatic rings. The molecule has 0 aliphatic heterocycles. The van der Waals surface area contributed by atoms with Gasteiger partial charge in [-0.3, -0.25) is 4.90 Å². The molecule has 0 spiro atoms. The molecule has 0 atom stereocenters. The normalized spacial score (nSPS) is 15.2. The van der Waals surface area contributed by atoms with Crippen LogP contribution in [0, 0.1) is 0 Å². The predicted molar refractivity (Wildman–Crippen MR) is 87.0 cm³/mol. The third-order valence-corrected chi connectivity index (χ3v) is 4.51. The Morgan fingerprint density at radius 2 is 1.80 bits per heavy atom. The van der Waals surface area contributed by atoms with Crippen molar-refractivity contribution in [2.75, 3.05) is 13.6 Å². The van der Waals surface area contributed by atoms with Crippen molar-refractivity contribution in [1.82, 2.24) is 10.2 Å². The molecule has 0 saturated heterocycles. The van der Waals surface area contributed by atoms with Gasteiger partial charge in [0, 0.05) is 18.6 Å².